The van der Waals surface area contributed by atoms with Crippen molar-refractivity contribution < 1.29 is 0 Å². The maximum atomic E-state index is 4.73. The third kappa shape index (κ3) is 2.90. The van der Waals surface area contributed by atoms with Gasteiger partial charge in [-0.3, -0.25) is 10.1 Å². The van der Waals surface area contributed by atoms with Gasteiger partial charge in [-0.25, -0.2) is 4.98 Å². The van der Waals surface area contributed by atoms with Crippen LogP contribution in [0, 0.1) is 6.92 Å². The molecule has 4 rings (SSSR count). The summed E-state index contributed by atoms with van der Waals surface area (Å²) in [7, 11) is 0. The zero-order valence-corrected chi connectivity index (χ0v) is 13.1. The van der Waals surface area contributed by atoms with Crippen molar-refractivity contribution in [2.75, 3.05) is 18.4 Å². The number of H-pyrrole nitrogens is 1. The number of piperidine rings is 1. The standard InChI is InChI=1S/C17H20N6/c1-11-14-8-12(2-3-15(14)23-22-11)16-9-19-10-17(21-16)20-13-4-6-18-7-5-13/h2-3,8-10,13,18H,4-7H2,1H3,(H,20,21)(H,22,23). The molecule has 0 unspecified atom stereocenters. The molecule has 1 aliphatic heterocycles. The Labute approximate surface area is 134 Å². The molecular weight excluding hydrogens is 288 g/mol. The zero-order valence-electron chi connectivity index (χ0n) is 13.1. The monoisotopic (exact) mass is 308 g/mol. The molecular formula is C17H20N6. The first-order chi connectivity index (χ1) is 11.3. The van der Waals surface area contributed by atoms with Crippen molar-refractivity contribution in [3.8, 4) is 11.3 Å². The molecule has 0 radical (unpaired) electrons. The Bertz CT molecular complexity index is 819. The summed E-state index contributed by atoms with van der Waals surface area (Å²) in [6.45, 7) is 4.12. The van der Waals surface area contributed by atoms with Crippen LogP contribution in [0.4, 0.5) is 5.82 Å². The Kier molecular flexibility index (Phi) is 3.67. The van der Waals surface area contributed by atoms with E-state index in [1.54, 1.807) is 6.20 Å². The number of rotatable bonds is 3. The van der Waals surface area contributed by atoms with Crippen LogP contribution in [-0.2, 0) is 0 Å². The van der Waals surface area contributed by atoms with Gasteiger partial charge in [-0.2, -0.15) is 5.10 Å². The molecule has 0 saturated carbocycles. The quantitative estimate of drug-likeness (QED) is 0.693. The largest absolute Gasteiger partial charge is 0.366 e. The highest BCUT2D eigenvalue weighted by Crippen LogP contribution is 2.24. The predicted octanol–water partition coefficient (Wildman–Crippen LogP) is 2.49. The highest BCUT2D eigenvalue weighted by atomic mass is 15.1. The van der Waals surface area contributed by atoms with E-state index >= 15 is 0 Å². The number of aryl methyl sites for hydroxylation is 1. The number of benzene rings is 1. The van der Waals surface area contributed by atoms with Crippen LogP contribution in [-0.4, -0.2) is 39.3 Å². The molecule has 0 aliphatic carbocycles. The van der Waals surface area contributed by atoms with Gasteiger partial charge in [0.15, 0.2) is 0 Å². The predicted molar refractivity (Wildman–Crippen MR) is 91.4 cm³/mol. The maximum Gasteiger partial charge on any atom is 0.145 e. The Morgan fingerprint density at radius 1 is 1.17 bits per heavy atom. The van der Waals surface area contributed by atoms with Crippen LogP contribution in [0.5, 0.6) is 0 Å². The van der Waals surface area contributed by atoms with Gasteiger partial charge in [-0.1, -0.05) is 6.07 Å². The molecule has 0 spiro atoms. The van der Waals surface area contributed by atoms with Gasteiger partial charge in [0.05, 0.1) is 29.3 Å². The van der Waals surface area contributed by atoms with Crippen LogP contribution in [0.2, 0.25) is 0 Å². The van der Waals surface area contributed by atoms with Gasteiger partial charge >= 0.3 is 0 Å². The van der Waals surface area contributed by atoms with Crippen LogP contribution in [0.3, 0.4) is 0 Å². The summed E-state index contributed by atoms with van der Waals surface area (Å²) in [4.78, 5) is 9.09. The number of aromatic amines is 1. The highest BCUT2D eigenvalue weighted by molar-refractivity contribution is 5.85. The van der Waals surface area contributed by atoms with Gasteiger partial charge in [-0.15, -0.1) is 0 Å². The van der Waals surface area contributed by atoms with Crippen LogP contribution < -0.4 is 10.6 Å². The Morgan fingerprint density at radius 3 is 2.91 bits per heavy atom. The molecule has 3 heterocycles. The summed E-state index contributed by atoms with van der Waals surface area (Å²) in [5.74, 6) is 0.846. The number of aromatic nitrogens is 4. The summed E-state index contributed by atoms with van der Waals surface area (Å²) in [6.07, 6.45) is 5.84. The molecule has 118 valence electrons. The first kappa shape index (κ1) is 14.1. The second-order valence-corrected chi connectivity index (χ2v) is 6.03. The first-order valence-corrected chi connectivity index (χ1v) is 8.04. The number of fused-ring (bicyclic) bond motifs is 1. The van der Waals surface area contributed by atoms with Crippen molar-refractivity contribution in [1.82, 2.24) is 25.5 Å². The van der Waals surface area contributed by atoms with Gasteiger partial charge in [0.25, 0.3) is 0 Å². The molecule has 1 aromatic carbocycles. The lowest BCUT2D eigenvalue weighted by Gasteiger charge is -2.24. The van der Waals surface area contributed by atoms with Gasteiger partial charge in [0, 0.05) is 17.0 Å². The molecule has 1 fully saturated rings. The molecule has 1 aliphatic rings. The second kappa shape index (κ2) is 5.96. The van der Waals surface area contributed by atoms with Gasteiger partial charge in [0.2, 0.25) is 0 Å². The molecule has 2 aromatic heterocycles. The summed E-state index contributed by atoms with van der Waals surface area (Å²) in [5, 5.41) is 15.3. The third-order valence-corrected chi connectivity index (χ3v) is 4.37. The average molecular weight is 308 g/mol. The van der Waals surface area contributed by atoms with E-state index in [2.05, 4.69) is 37.9 Å². The smallest absolute Gasteiger partial charge is 0.145 e. The number of nitrogens with one attached hydrogen (secondary N) is 3. The van der Waals surface area contributed by atoms with E-state index in [4.69, 9.17) is 4.98 Å². The van der Waals surface area contributed by atoms with Crippen molar-refractivity contribution >= 4 is 16.7 Å². The summed E-state index contributed by atoms with van der Waals surface area (Å²) >= 11 is 0. The summed E-state index contributed by atoms with van der Waals surface area (Å²) in [6, 6.07) is 6.68. The molecule has 0 amide bonds. The minimum absolute atomic E-state index is 0.472. The lowest BCUT2D eigenvalue weighted by atomic mass is 10.1. The highest BCUT2D eigenvalue weighted by Gasteiger charge is 2.13. The average Bonchev–Trinajstić information content (AvgIpc) is 2.97. The lowest BCUT2D eigenvalue weighted by Crippen LogP contribution is -2.35. The lowest BCUT2D eigenvalue weighted by molar-refractivity contribution is 0.478. The van der Waals surface area contributed by atoms with Crippen molar-refractivity contribution in [2.45, 2.75) is 25.8 Å². The number of hydrogen-bond acceptors (Lipinski definition) is 5. The van der Waals surface area contributed by atoms with E-state index in [-0.39, 0.29) is 0 Å². The molecule has 6 heteroatoms. The maximum absolute atomic E-state index is 4.73. The Balaban J connectivity index is 1.62. The van der Waals surface area contributed by atoms with Crippen LogP contribution in [0.1, 0.15) is 18.5 Å². The van der Waals surface area contributed by atoms with E-state index in [1.807, 2.05) is 19.2 Å². The van der Waals surface area contributed by atoms with Crippen LogP contribution in [0.25, 0.3) is 22.2 Å². The molecule has 0 bridgehead atoms. The van der Waals surface area contributed by atoms with E-state index in [9.17, 15) is 0 Å². The molecule has 1 saturated heterocycles. The zero-order chi connectivity index (χ0) is 15.6. The fourth-order valence-electron chi connectivity index (χ4n) is 3.05. The molecule has 3 aromatic rings. The molecule has 3 N–H and O–H groups in total. The van der Waals surface area contributed by atoms with E-state index in [1.165, 1.54) is 0 Å². The van der Waals surface area contributed by atoms with Crippen molar-refractivity contribution in [3.63, 3.8) is 0 Å². The van der Waals surface area contributed by atoms with E-state index in [0.717, 1.165) is 59.6 Å². The van der Waals surface area contributed by atoms with Gasteiger partial charge in [0.1, 0.15) is 5.82 Å². The van der Waals surface area contributed by atoms with Gasteiger partial charge in [-0.05, 0) is 45.0 Å². The van der Waals surface area contributed by atoms with Crippen molar-refractivity contribution in [2.24, 2.45) is 0 Å². The SMILES string of the molecule is Cc1n[nH]c2ccc(-c3cncc(NC4CCNCC4)n3)cc12. The molecule has 6 nitrogen and oxygen atoms in total. The third-order valence-electron chi connectivity index (χ3n) is 4.37. The second-order valence-electron chi connectivity index (χ2n) is 6.03. The fraction of sp³-hybridized carbons (Fsp3) is 0.353. The van der Waals surface area contributed by atoms with Crippen LogP contribution in [0.15, 0.2) is 30.6 Å². The van der Waals surface area contributed by atoms with Gasteiger partial charge < -0.3 is 10.6 Å². The normalized spacial score (nSPS) is 15.9. The van der Waals surface area contributed by atoms with E-state index < -0.39 is 0 Å². The first-order valence-electron chi connectivity index (χ1n) is 8.04. The molecule has 0 atom stereocenters. The number of anilines is 1. The van der Waals surface area contributed by atoms with Crippen molar-refractivity contribution in [3.05, 3.63) is 36.3 Å². The summed E-state index contributed by atoms with van der Waals surface area (Å²) < 4.78 is 0. The number of nitrogens with zero attached hydrogens (tertiary/aromatic N) is 3. The minimum atomic E-state index is 0.472. The fourth-order valence-corrected chi connectivity index (χ4v) is 3.05. The van der Waals surface area contributed by atoms with Crippen molar-refractivity contribution in [1.29, 1.82) is 0 Å². The minimum Gasteiger partial charge on any atom is -0.366 e. The topological polar surface area (TPSA) is 78.5 Å². The Hall–Kier alpha value is -2.47. The van der Waals surface area contributed by atoms with E-state index in [0.29, 0.717) is 6.04 Å². The number of hydrogen-bond donors (Lipinski definition) is 3. The Morgan fingerprint density at radius 2 is 2.04 bits per heavy atom. The van der Waals surface area contributed by atoms with Crippen LogP contribution >= 0.6 is 0 Å². The molecule has 23 heavy (non-hydrogen) atoms. The summed E-state index contributed by atoms with van der Waals surface area (Å²) in [5.41, 5.74) is 3.98.